The molecule has 1 aromatic carbocycles. The molecule has 3 heterocycles. The molecule has 2 aliphatic heterocycles. The van der Waals surface area contributed by atoms with E-state index in [2.05, 4.69) is 20.8 Å². The first-order valence-electron chi connectivity index (χ1n) is 9.23. The third-order valence-electron chi connectivity index (χ3n) is 5.11. The van der Waals surface area contributed by atoms with Crippen LogP contribution in [0.15, 0.2) is 18.2 Å². The lowest BCUT2D eigenvalue weighted by Crippen LogP contribution is -2.28. The minimum atomic E-state index is -0.319. The van der Waals surface area contributed by atoms with Crippen LogP contribution in [0.4, 0.5) is 5.69 Å². The van der Waals surface area contributed by atoms with Gasteiger partial charge in [0.05, 0.1) is 12.8 Å². The highest BCUT2D eigenvalue weighted by Gasteiger charge is 2.24. The van der Waals surface area contributed by atoms with Crippen molar-refractivity contribution in [3.63, 3.8) is 0 Å². The molecule has 0 bridgehead atoms. The summed E-state index contributed by atoms with van der Waals surface area (Å²) in [5, 5.41) is 13.2. The molecule has 2 aliphatic rings. The predicted molar refractivity (Wildman–Crippen MR) is 100 cm³/mol. The zero-order valence-electron chi connectivity index (χ0n) is 15.3. The van der Waals surface area contributed by atoms with Crippen molar-refractivity contribution in [2.24, 2.45) is 0 Å². The highest BCUT2D eigenvalue weighted by Crippen LogP contribution is 2.28. The number of H-pyrrole nitrogens is 1. The molecule has 2 aromatic rings. The summed E-state index contributed by atoms with van der Waals surface area (Å²) >= 11 is 0. The van der Waals surface area contributed by atoms with Crippen molar-refractivity contribution in [3.05, 3.63) is 40.7 Å². The van der Waals surface area contributed by atoms with Gasteiger partial charge in [-0.15, -0.1) is 0 Å². The number of aromatic amines is 1. The molecule has 8 nitrogen and oxygen atoms in total. The van der Waals surface area contributed by atoms with Gasteiger partial charge in [-0.25, -0.2) is 0 Å². The second-order valence-corrected chi connectivity index (χ2v) is 6.82. The number of hydrogen-bond donors (Lipinski definition) is 3. The molecule has 1 fully saturated rings. The van der Waals surface area contributed by atoms with Gasteiger partial charge in [0.1, 0.15) is 5.75 Å². The lowest BCUT2D eigenvalue weighted by atomic mass is 10.1. The SMILES string of the molecule is COc1ccc(C(=O)N2CCCC2)cc1NC(=O)c1n[nH]c2c1CNCC2. The average molecular weight is 369 g/mol. The maximum Gasteiger partial charge on any atom is 0.276 e. The summed E-state index contributed by atoms with van der Waals surface area (Å²) in [6.45, 7) is 3.03. The standard InChI is InChI=1S/C19H23N5O3/c1-27-16-5-4-12(19(26)24-8-2-3-9-24)10-15(16)21-18(25)17-13-11-20-7-6-14(13)22-23-17/h4-5,10,20H,2-3,6-9,11H2,1H3,(H,21,25)(H,22,23). The van der Waals surface area contributed by atoms with Crippen LogP contribution in [0.25, 0.3) is 0 Å². The Morgan fingerprint density at radius 3 is 2.85 bits per heavy atom. The smallest absolute Gasteiger partial charge is 0.276 e. The molecule has 0 atom stereocenters. The van der Waals surface area contributed by atoms with E-state index in [9.17, 15) is 9.59 Å². The van der Waals surface area contributed by atoms with Crippen molar-refractivity contribution in [1.29, 1.82) is 0 Å². The molecule has 27 heavy (non-hydrogen) atoms. The molecule has 1 saturated heterocycles. The van der Waals surface area contributed by atoms with Crippen LogP contribution in [0, 0.1) is 0 Å². The number of carbonyl (C=O) groups excluding carboxylic acids is 2. The minimum absolute atomic E-state index is 0.0213. The Bertz CT molecular complexity index is 870. The Morgan fingerprint density at radius 2 is 2.07 bits per heavy atom. The van der Waals surface area contributed by atoms with Crippen molar-refractivity contribution >= 4 is 17.5 Å². The van der Waals surface area contributed by atoms with Crippen LogP contribution in [0.5, 0.6) is 5.75 Å². The summed E-state index contributed by atoms with van der Waals surface area (Å²) < 4.78 is 5.36. The van der Waals surface area contributed by atoms with E-state index < -0.39 is 0 Å². The molecule has 2 amide bonds. The number of amides is 2. The van der Waals surface area contributed by atoms with Crippen molar-refractivity contribution in [2.75, 3.05) is 32.1 Å². The normalized spacial score (nSPS) is 16.1. The van der Waals surface area contributed by atoms with E-state index in [0.717, 1.165) is 50.2 Å². The third-order valence-corrected chi connectivity index (χ3v) is 5.11. The molecule has 142 valence electrons. The van der Waals surface area contributed by atoms with E-state index in [0.29, 0.717) is 29.2 Å². The van der Waals surface area contributed by atoms with Gasteiger partial charge in [0, 0.05) is 49.4 Å². The fourth-order valence-corrected chi connectivity index (χ4v) is 3.64. The molecular weight excluding hydrogens is 346 g/mol. The number of hydrogen-bond acceptors (Lipinski definition) is 5. The predicted octanol–water partition coefficient (Wildman–Crippen LogP) is 1.55. The van der Waals surface area contributed by atoms with Gasteiger partial charge < -0.3 is 20.3 Å². The van der Waals surface area contributed by atoms with Gasteiger partial charge in [-0.1, -0.05) is 0 Å². The molecular formula is C19H23N5O3. The van der Waals surface area contributed by atoms with E-state index in [1.54, 1.807) is 18.2 Å². The van der Waals surface area contributed by atoms with Gasteiger partial charge in [0.15, 0.2) is 5.69 Å². The monoisotopic (exact) mass is 369 g/mol. The lowest BCUT2D eigenvalue weighted by molar-refractivity contribution is 0.0792. The molecule has 8 heteroatoms. The molecule has 0 saturated carbocycles. The highest BCUT2D eigenvalue weighted by atomic mass is 16.5. The number of benzene rings is 1. The third kappa shape index (κ3) is 3.40. The molecule has 4 rings (SSSR count). The van der Waals surface area contributed by atoms with Gasteiger partial charge >= 0.3 is 0 Å². The highest BCUT2D eigenvalue weighted by molar-refractivity contribution is 6.06. The largest absolute Gasteiger partial charge is 0.495 e. The minimum Gasteiger partial charge on any atom is -0.495 e. The molecule has 0 aliphatic carbocycles. The van der Waals surface area contributed by atoms with Gasteiger partial charge in [-0.05, 0) is 31.0 Å². The Kier molecular flexibility index (Phi) is 4.81. The second kappa shape index (κ2) is 7.40. The van der Waals surface area contributed by atoms with E-state index in [4.69, 9.17) is 4.74 Å². The number of carbonyl (C=O) groups is 2. The second-order valence-electron chi connectivity index (χ2n) is 6.82. The van der Waals surface area contributed by atoms with Gasteiger partial charge in [-0.3, -0.25) is 14.7 Å². The van der Waals surface area contributed by atoms with Crippen LogP contribution in [-0.4, -0.2) is 53.7 Å². The number of likely N-dealkylation sites (tertiary alicyclic amines) is 1. The van der Waals surface area contributed by atoms with Gasteiger partial charge in [-0.2, -0.15) is 5.10 Å². The van der Waals surface area contributed by atoms with E-state index in [-0.39, 0.29) is 11.8 Å². The first kappa shape index (κ1) is 17.5. The van der Waals surface area contributed by atoms with Crippen LogP contribution < -0.4 is 15.4 Å². The van der Waals surface area contributed by atoms with Gasteiger partial charge in [0.25, 0.3) is 11.8 Å². The number of fused-ring (bicyclic) bond motifs is 1. The first-order chi connectivity index (χ1) is 13.2. The summed E-state index contributed by atoms with van der Waals surface area (Å²) in [5.74, 6) is 0.163. The number of ether oxygens (including phenoxy) is 1. The van der Waals surface area contributed by atoms with Crippen molar-refractivity contribution in [1.82, 2.24) is 20.4 Å². The first-order valence-corrected chi connectivity index (χ1v) is 9.23. The maximum absolute atomic E-state index is 12.8. The Labute approximate surface area is 157 Å². The van der Waals surface area contributed by atoms with E-state index in [1.165, 1.54) is 7.11 Å². The number of methoxy groups -OCH3 is 1. The van der Waals surface area contributed by atoms with E-state index >= 15 is 0 Å². The Balaban J connectivity index is 1.58. The summed E-state index contributed by atoms with van der Waals surface area (Å²) in [7, 11) is 1.54. The fraction of sp³-hybridized carbons (Fsp3) is 0.421. The zero-order chi connectivity index (χ0) is 18.8. The summed E-state index contributed by atoms with van der Waals surface area (Å²) in [5.41, 5.74) is 3.26. The number of nitrogens with one attached hydrogen (secondary N) is 3. The number of rotatable bonds is 4. The molecule has 0 unspecified atom stereocenters. The quantitative estimate of drug-likeness (QED) is 0.759. The van der Waals surface area contributed by atoms with Crippen LogP contribution in [0.2, 0.25) is 0 Å². The summed E-state index contributed by atoms with van der Waals surface area (Å²) in [6, 6.07) is 5.12. The zero-order valence-corrected chi connectivity index (χ0v) is 15.3. The van der Waals surface area contributed by atoms with Crippen LogP contribution in [0.1, 0.15) is 44.9 Å². The lowest BCUT2D eigenvalue weighted by Gasteiger charge is -2.17. The van der Waals surface area contributed by atoms with Gasteiger partial charge in [0.2, 0.25) is 0 Å². The van der Waals surface area contributed by atoms with Crippen molar-refractivity contribution in [2.45, 2.75) is 25.8 Å². The van der Waals surface area contributed by atoms with Crippen molar-refractivity contribution < 1.29 is 14.3 Å². The fourth-order valence-electron chi connectivity index (χ4n) is 3.64. The summed E-state index contributed by atoms with van der Waals surface area (Å²) in [4.78, 5) is 27.3. The molecule has 1 aromatic heterocycles. The average Bonchev–Trinajstić information content (AvgIpc) is 3.37. The number of nitrogens with zero attached hydrogens (tertiary/aromatic N) is 2. The Morgan fingerprint density at radius 1 is 1.26 bits per heavy atom. The van der Waals surface area contributed by atoms with Crippen LogP contribution >= 0.6 is 0 Å². The summed E-state index contributed by atoms with van der Waals surface area (Å²) in [6.07, 6.45) is 2.88. The van der Waals surface area contributed by atoms with Crippen LogP contribution in [-0.2, 0) is 13.0 Å². The maximum atomic E-state index is 12.8. The molecule has 3 N–H and O–H groups in total. The topological polar surface area (TPSA) is 99.3 Å². The number of anilines is 1. The molecule has 0 spiro atoms. The van der Waals surface area contributed by atoms with E-state index in [1.807, 2.05) is 4.90 Å². The Hall–Kier alpha value is -2.87. The molecule has 0 radical (unpaired) electrons. The van der Waals surface area contributed by atoms with Crippen LogP contribution in [0.3, 0.4) is 0 Å². The van der Waals surface area contributed by atoms with Crippen molar-refractivity contribution in [3.8, 4) is 5.75 Å². The number of aromatic nitrogens is 2.